The van der Waals surface area contributed by atoms with E-state index >= 15 is 0 Å². The minimum atomic E-state index is -1.60. The van der Waals surface area contributed by atoms with Crippen molar-refractivity contribution in [2.45, 2.75) is 192 Å². The zero-order valence-corrected chi connectivity index (χ0v) is 33.0. The van der Waals surface area contributed by atoms with Crippen LogP contribution < -0.4 is 0 Å². The average molecular weight is 751 g/mol. The van der Waals surface area contributed by atoms with Crippen LogP contribution in [0.5, 0.6) is 0 Å². The van der Waals surface area contributed by atoms with Gasteiger partial charge in [-0.05, 0) is 57.8 Å². The van der Waals surface area contributed by atoms with Crippen LogP contribution in [0, 0.1) is 0 Å². The molecule has 0 saturated carbocycles. The number of carbonyl (C=O) groups is 2. The summed E-state index contributed by atoms with van der Waals surface area (Å²) in [5.74, 6) is -0.840. The molecule has 1 rings (SSSR count). The molecule has 6 atom stereocenters. The summed E-state index contributed by atoms with van der Waals surface area (Å²) in [6.07, 6.45) is 31.2. The van der Waals surface area contributed by atoms with Crippen molar-refractivity contribution in [3.05, 3.63) is 48.6 Å². The van der Waals surface area contributed by atoms with Gasteiger partial charge in [0.05, 0.1) is 13.2 Å². The van der Waals surface area contributed by atoms with E-state index in [4.69, 9.17) is 18.9 Å². The first kappa shape index (κ1) is 48.7. The molecule has 53 heavy (non-hydrogen) atoms. The molecule has 0 amide bonds. The molecular formula is C43H74O10. The lowest BCUT2D eigenvalue weighted by atomic mass is 9.99. The molecule has 0 aromatic heterocycles. The van der Waals surface area contributed by atoms with Gasteiger partial charge in [-0.25, -0.2) is 0 Å². The topological polar surface area (TPSA) is 152 Å². The van der Waals surface area contributed by atoms with Gasteiger partial charge >= 0.3 is 11.9 Å². The van der Waals surface area contributed by atoms with E-state index in [-0.39, 0.29) is 32.0 Å². The molecule has 1 heterocycles. The molecule has 10 nitrogen and oxygen atoms in total. The summed E-state index contributed by atoms with van der Waals surface area (Å²) in [7, 11) is 0. The highest BCUT2D eigenvalue weighted by Gasteiger charge is 2.44. The van der Waals surface area contributed by atoms with Crippen molar-refractivity contribution in [3.8, 4) is 0 Å². The van der Waals surface area contributed by atoms with Crippen LogP contribution >= 0.6 is 0 Å². The van der Waals surface area contributed by atoms with Crippen LogP contribution in [-0.4, -0.2) is 89.0 Å². The Morgan fingerprint density at radius 1 is 0.604 bits per heavy atom. The summed E-state index contributed by atoms with van der Waals surface area (Å²) in [6.45, 7) is 3.23. The highest BCUT2D eigenvalue weighted by molar-refractivity contribution is 5.70. The van der Waals surface area contributed by atoms with Crippen LogP contribution in [0.2, 0.25) is 0 Å². The van der Waals surface area contributed by atoms with Crippen molar-refractivity contribution in [3.63, 3.8) is 0 Å². The number of aliphatic hydroxyl groups excluding tert-OH is 4. The number of unbranched alkanes of at least 4 members (excludes halogenated alkanes) is 16. The largest absolute Gasteiger partial charge is 0.462 e. The maximum Gasteiger partial charge on any atom is 0.306 e. The summed E-state index contributed by atoms with van der Waals surface area (Å²) < 4.78 is 22.1. The van der Waals surface area contributed by atoms with E-state index in [0.29, 0.717) is 6.42 Å². The Hall–Kier alpha value is -2.34. The fourth-order valence-corrected chi connectivity index (χ4v) is 5.95. The molecule has 1 aliphatic rings. The third-order valence-corrected chi connectivity index (χ3v) is 9.26. The average Bonchev–Trinajstić information content (AvgIpc) is 3.15. The Labute approximate surface area is 320 Å². The van der Waals surface area contributed by atoms with Crippen molar-refractivity contribution in [1.29, 1.82) is 0 Å². The first-order valence-corrected chi connectivity index (χ1v) is 20.7. The van der Waals surface area contributed by atoms with E-state index in [0.717, 1.165) is 70.6 Å². The SMILES string of the molecule is CC/C=C/C=C/C=C/CCCCCCCC(=O)OC(COC(=O)CCCCCCCCC/C=C/CCCCCC)CO[C@H]1O[C@@H](CO)[C@@H](O)C(O)C1O. The van der Waals surface area contributed by atoms with Crippen molar-refractivity contribution < 1.29 is 49.0 Å². The minimum absolute atomic E-state index is 0.205. The predicted molar refractivity (Wildman–Crippen MR) is 210 cm³/mol. The molecule has 1 saturated heterocycles. The van der Waals surface area contributed by atoms with E-state index in [1.165, 1.54) is 51.4 Å². The van der Waals surface area contributed by atoms with Gasteiger partial charge in [0.2, 0.25) is 0 Å². The second-order valence-electron chi connectivity index (χ2n) is 14.1. The molecule has 0 bridgehead atoms. The van der Waals surface area contributed by atoms with E-state index < -0.39 is 49.4 Å². The number of aliphatic hydroxyl groups is 4. The maximum atomic E-state index is 12.7. The molecule has 0 radical (unpaired) electrons. The van der Waals surface area contributed by atoms with E-state index in [9.17, 15) is 30.0 Å². The van der Waals surface area contributed by atoms with Crippen LogP contribution in [0.15, 0.2) is 48.6 Å². The second-order valence-corrected chi connectivity index (χ2v) is 14.1. The predicted octanol–water partition coefficient (Wildman–Crippen LogP) is 8.10. The van der Waals surface area contributed by atoms with Gasteiger partial charge in [0.25, 0.3) is 0 Å². The fraction of sp³-hybridized carbons (Fsp3) is 0.767. The fourth-order valence-electron chi connectivity index (χ4n) is 5.95. The Morgan fingerprint density at radius 2 is 1.13 bits per heavy atom. The summed E-state index contributed by atoms with van der Waals surface area (Å²) in [5, 5.41) is 40.0. The molecule has 1 fully saturated rings. The van der Waals surface area contributed by atoms with Crippen molar-refractivity contribution in [2.24, 2.45) is 0 Å². The summed E-state index contributed by atoms with van der Waals surface area (Å²) >= 11 is 0. The Balaban J connectivity index is 2.38. The number of rotatable bonds is 33. The van der Waals surface area contributed by atoms with Gasteiger partial charge in [0, 0.05) is 12.8 Å². The number of allylic oxidation sites excluding steroid dienone is 8. The van der Waals surface area contributed by atoms with Crippen LogP contribution in [0.25, 0.3) is 0 Å². The van der Waals surface area contributed by atoms with Crippen molar-refractivity contribution in [2.75, 3.05) is 19.8 Å². The zero-order valence-electron chi connectivity index (χ0n) is 33.0. The molecule has 0 spiro atoms. The lowest BCUT2D eigenvalue weighted by molar-refractivity contribution is -0.305. The van der Waals surface area contributed by atoms with Gasteiger partial charge in [-0.3, -0.25) is 9.59 Å². The summed E-state index contributed by atoms with van der Waals surface area (Å²) in [6, 6.07) is 0. The molecule has 3 unspecified atom stereocenters. The molecule has 0 aliphatic carbocycles. The minimum Gasteiger partial charge on any atom is -0.462 e. The van der Waals surface area contributed by atoms with Gasteiger partial charge in [-0.2, -0.15) is 0 Å². The number of hydrogen-bond acceptors (Lipinski definition) is 10. The highest BCUT2D eigenvalue weighted by Crippen LogP contribution is 2.22. The first-order valence-electron chi connectivity index (χ1n) is 20.7. The normalized spacial score (nSPS) is 21.4. The summed E-state index contributed by atoms with van der Waals surface area (Å²) in [5.41, 5.74) is 0. The van der Waals surface area contributed by atoms with Gasteiger partial charge in [-0.15, -0.1) is 0 Å². The standard InChI is InChI=1S/C43H74O10/c1-3-5-7-9-11-13-15-17-18-20-21-23-25-27-29-31-38(45)50-34-36(35-51-43-42(49)41(48)40(47)37(33-44)53-43)52-39(46)32-30-28-26-24-22-19-16-14-12-10-8-6-4-2/h6,8,10,12-16,36-37,40-44,47-49H,3-5,7,9,11,17-35H2,1-2H3/b8-6+,12-10+,15-13+,16-14+/t36?,37-,40+,41?,42?,43-/m0/s1. The van der Waals surface area contributed by atoms with E-state index in [1.807, 2.05) is 18.2 Å². The third-order valence-electron chi connectivity index (χ3n) is 9.26. The third kappa shape index (κ3) is 26.2. The number of carbonyl (C=O) groups excluding carboxylic acids is 2. The van der Waals surface area contributed by atoms with Gasteiger partial charge < -0.3 is 39.4 Å². The monoisotopic (exact) mass is 751 g/mol. The number of ether oxygens (including phenoxy) is 4. The lowest BCUT2D eigenvalue weighted by Crippen LogP contribution is -2.59. The molecule has 1 aliphatic heterocycles. The molecule has 0 aromatic carbocycles. The second kappa shape index (κ2) is 34.2. The van der Waals surface area contributed by atoms with Crippen LogP contribution in [0.3, 0.4) is 0 Å². The Bertz CT molecular complexity index is 1010. The maximum absolute atomic E-state index is 12.7. The number of hydrogen-bond donors (Lipinski definition) is 4. The van der Waals surface area contributed by atoms with Crippen LogP contribution in [-0.2, 0) is 28.5 Å². The number of esters is 2. The van der Waals surface area contributed by atoms with E-state index in [1.54, 1.807) is 0 Å². The van der Waals surface area contributed by atoms with Crippen LogP contribution in [0.4, 0.5) is 0 Å². The van der Waals surface area contributed by atoms with Gasteiger partial charge in [-0.1, -0.05) is 133 Å². The molecule has 4 N–H and O–H groups in total. The molecule has 0 aromatic rings. The quantitative estimate of drug-likeness (QED) is 0.0224. The molecule has 10 heteroatoms. The highest BCUT2D eigenvalue weighted by atomic mass is 16.7. The van der Waals surface area contributed by atoms with E-state index in [2.05, 4.69) is 44.2 Å². The Morgan fingerprint density at radius 3 is 1.72 bits per heavy atom. The molecular weight excluding hydrogens is 676 g/mol. The molecule has 306 valence electrons. The first-order chi connectivity index (χ1) is 25.8. The van der Waals surface area contributed by atoms with Crippen molar-refractivity contribution >= 4 is 11.9 Å². The van der Waals surface area contributed by atoms with Gasteiger partial charge in [0.15, 0.2) is 12.4 Å². The zero-order chi connectivity index (χ0) is 38.8. The van der Waals surface area contributed by atoms with Gasteiger partial charge in [0.1, 0.15) is 31.0 Å². The smallest absolute Gasteiger partial charge is 0.306 e. The van der Waals surface area contributed by atoms with Crippen LogP contribution in [0.1, 0.15) is 155 Å². The lowest BCUT2D eigenvalue weighted by Gasteiger charge is -2.39. The summed E-state index contributed by atoms with van der Waals surface area (Å²) in [4.78, 5) is 25.2. The Kier molecular flexibility index (Phi) is 31.4. The van der Waals surface area contributed by atoms with Crippen molar-refractivity contribution in [1.82, 2.24) is 0 Å².